The third-order valence-corrected chi connectivity index (χ3v) is 4.50. The van der Waals surface area contributed by atoms with Crippen molar-refractivity contribution in [1.29, 1.82) is 0 Å². The zero-order valence-corrected chi connectivity index (χ0v) is 13.9. The molecule has 0 saturated heterocycles. The Bertz CT molecular complexity index is 1100. The Labute approximate surface area is 145 Å². The Morgan fingerprint density at radius 1 is 0.960 bits per heavy atom. The Hall–Kier alpha value is -3.27. The molecule has 25 heavy (non-hydrogen) atoms. The fourth-order valence-corrected chi connectivity index (χ4v) is 3.34. The van der Waals surface area contributed by atoms with Gasteiger partial charge in [0.1, 0.15) is 5.75 Å². The Balaban J connectivity index is 1.64. The first-order chi connectivity index (χ1) is 12.1. The van der Waals surface area contributed by atoms with Gasteiger partial charge in [-0.15, -0.1) is 0 Å². The number of fused-ring (bicyclic) bond motifs is 2. The van der Waals surface area contributed by atoms with Crippen LogP contribution in [0.1, 0.15) is 5.56 Å². The van der Waals surface area contributed by atoms with Crippen molar-refractivity contribution >= 4 is 33.3 Å². The van der Waals surface area contributed by atoms with E-state index in [-0.39, 0.29) is 11.7 Å². The molecule has 1 heterocycles. The van der Waals surface area contributed by atoms with E-state index in [0.29, 0.717) is 12.1 Å². The molecule has 4 rings (SSSR count). The smallest absolute Gasteiger partial charge is 0.228 e. The van der Waals surface area contributed by atoms with Crippen LogP contribution in [0.3, 0.4) is 0 Å². The van der Waals surface area contributed by atoms with Crippen molar-refractivity contribution in [3.05, 3.63) is 72.4 Å². The van der Waals surface area contributed by atoms with Crippen LogP contribution in [0.5, 0.6) is 5.75 Å². The molecule has 1 aromatic heterocycles. The van der Waals surface area contributed by atoms with Gasteiger partial charge in [-0.1, -0.05) is 42.5 Å². The Morgan fingerprint density at radius 2 is 1.68 bits per heavy atom. The molecule has 0 fully saturated rings. The van der Waals surface area contributed by atoms with E-state index >= 15 is 0 Å². The van der Waals surface area contributed by atoms with Crippen LogP contribution in [-0.4, -0.2) is 15.6 Å². The van der Waals surface area contributed by atoms with E-state index in [0.717, 1.165) is 27.2 Å². The lowest BCUT2D eigenvalue weighted by atomic mass is 10.1. The summed E-state index contributed by atoms with van der Waals surface area (Å²) in [7, 11) is 1.98. The highest BCUT2D eigenvalue weighted by atomic mass is 16.3. The SMILES string of the molecule is Cn1cc(CC(=O)Nc2cccc3c(O)cccc23)c2ccccc21. The second kappa shape index (κ2) is 5.98. The minimum absolute atomic E-state index is 0.0767. The quantitative estimate of drug-likeness (QED) is 0.591. The van der Waals surface area contributed by atoms with E-state index in [4.69, 9.17) is 0 Å². The number of carbonyl (C=O) groups excluding carboxylic acids is 1. The standard InChI is InChI=1S/C21H18N2O2/c1-23-13-14(15-6-2-3-10-19(15)23)12-21(25)22-18-9-4-8-17-16(18)7-5-11-20(17)24/h2-11,13,24H,12H2,1H3,(H,22,25). The Kier molecular flexibility index (Phi) is 3.65. The summed E-state index contributed by atoms with van der Waals surface area (Å²) in [5.41, 5.74) is 2.82. The average Bonchev–Trinajstić information content (AvgIpc) is 2.92. The predicted octanol–water partition coefficient (Wildman–Crippen LogP) is 4.22. The van der Waals surface area contributed by atoms with E-state index in [1.807, 2.05) is 66.3 Å². The molecule has 1 amide bonds. The summed E-state index contributed by atoms with van der Waals surface area (Å²) in [6, 6.07) is 18.9. The third kappa shape index (κ3) is 2.72. The van der Waals surface area contributed by atoms with E-state index in [1.54, 1.807) is 12.1 Å². The number of anilines is 1. The van der Waals surface area contributed by atoms with Gasteiger partial charge in [0, 0.05) is 40.6 Å². The fraction of sp³-hybridized carbons (Fsp3) is 0.0952. The summed E-state index contributed by atoms with van der Waals surface area (Å²) in [4.78, 5) is 12.6. The first-order valence-electron chi connectivity index (χ1n) is 8.17. The van der Waals surface area contributed by atoms with Crippen LogP contribution >= 0.6 is 0 Å². The van der Waals surface area contributed by atoms with E-state index < -0.39 is 0 Å². The maximum Gasteiger partial charge on any atom is 0.228 e. The molecule has 2 N–H and O–H groups in total. The molecule has 3 aromatic carbocycles. The van der Waals surface area contributed by atoms with Crippen LogP contribution in [-0.2, 0) is 18.3 Å². The molecule has 4 aromatic rings. The van der Waals surface area contributed by atoms with Crippen molar-refractivity contribution in [2.45, 2.75) is 6.42 Å². The molecule has 0 saturated carbocycles. The maximum atomic E-state index is 12.6. The summed E-state index contributed by atoms with van der Waals surface area (Å²) >= 11 is 0. The van der Waals surface area contributed by atoms with Gasteiger partial charge in [0.25, 0.3) is 0 Å². The van der Waals surface area contributed by atoms with Gasteiger partial charge >= 0.3 is 0 Å². The molecule has 0 aliphatic heterocycles. The number of phenolic OH excluding ortho intramolecular Hbond substituents is 1. The molecular formula is C21H18N2O2. The highest BCUT2D eigenvalue weighted by Gasteiger charge is 2.12. The number of hydrogen-bond donors (Lipinski definition) is 2. The lowest BCUT2D eigenvalue weighted by Gasteiger charge is -2.09. The van der Waals surface area contributed by atoms with Crippen molar-refractivity contribution in [2.24, 2.45) is 7.05 Å². The predicted molar refractivity (Wildman–Crippen MR) is 101 cm³/mol. The number of amides is 1. The van der Waals surface area contributed by atoms with Crippen molar-refractivity contribution in [3.63, 3.8) is 0 Å². The van der Waals surface area contributed by atoms with Gasteiger partial charge in [0.15, 0.2) is 0 Å². The lowest BCUT2D eigenvalue weighted by Crippen LogP contribution is -2.14. The van der Waals surface area contributed by atoms with Crippen molar-refractivity contribution in [2.75, 3.05) is 5.32 Å². The number of aromatic nitrogens is 1. The number of aromatic hydroxyl groups is 1. The molecule has 4 heteroatoms. The number of nitrogens with zero attached hydrogens (tertiary/aromatic N) is 1. The molecule has 0 atom stereocenters. The molecule has 0 aliphatic rings. The highest BCUT2D eigenvalue weighted by molar-refractivity contribution is 6.05. The minimum Gasteiger partial charge on any atom is -0.507 e. The average molecular weight is 330 g/mol. The van der Waals surface area contributed by atoms with Gasteiger partial charge in [-0.2, -0.15) is 0 Å². The number of rotatable bonds is 3. The molecular weight excluding hydrogens is 312 g/mol. The van der Waals surface area contributed by atoms with Crippen molar-refractivity contribution in [1.82, 2.24) is 4.57 Å². The lowest BCUT2D eigenvalue weighted by molar-refractivity contribution is -0.115. The van der Waals surface area contributed by atoms with Crippen LogP contribution in [0.15, 0.2) is 66.9 Å². The summed E-state index contributed by atoms with van der Waals surface area (Å²) in [5, 5.41) is 15.6. The summed E-state index contributed by atoms with van der Waals surface area (Å²) in [5.74, 6) is 0.134. The molecule has 0 spiro atoms. The van der Waals surface area contributed by atoms with Gasteiger partial charge in [-0.25, -0.2) is 0 Å². The number of phenols is 1. The van der Waals surface area contributed by atoms with Crippen LogP contribution in [0.4, 0.5) is 5.69 Å². The van der Waals surface area contributed by atoms with Gasteiger partial charge in [-0.3, -0.25) is 4.79 Å². The molecule has 0 aliphatic carbocycles. The first-order valence-corrected chi connectivity index (χ1v) is 8.17. The number of benzene rings is 3. The highest BCUT2D eigenvalue weighted by Crippen LogP contribution is 2.30. The van der Waals surface area contributed by atoms with Crippen LogP contribution < -0.4 is 5.32 Å². The van der Waals surface area contributed by atoms with Gasteiger partial charge in [-0.05, 0) is 23.8 Å². The molecule has 124 valence electrons. The summed E-state index contributed by atoms with van der Waals surface area (Å²) in [6.07, 6.45) is 2.30. The number of hydrogen-bond acceptors (Lipinski definition) is 2. The zero-order valence-electron chi connectivity index (χ0n) is 13.9. The molecule has 0 unspecified atom stereocenters. The normalized spacial score (nSPS) is 11.1. The summed E-state index contributed by atoms with van der Waals surface area (Å²) in [6.45, 7) is 0. The van der Waals surface area contributed by atoms with Crippen molar-refractivity contribution in [3.8, 4) is 5.75 Å². The molecule has 0 radical (unpaired) electrons. The number of aryl methyl sites for hydroxylation is 1. The largest absolute Gasteiger partial charge is 0.507 e. The van der Waals surface area contributed by atoms with E-state index in [2.05, 4.69) is 5.32 Å². The van der Waals surface area contributed by atoms with Gasteiger partial charge in [0.05, 0.1) is 6.42 Å². The number of nitrogens with one attached hydrogen (secondary N) is 1. The monoisotopic (exact) mass is 330 g/mol. The number of carbonyl (C=O) groups is 1. The van der Waals surface area contributed by atoms with Crippen LogP contribution in [0.25, 0.3) is 21.7 Å². The zero-order chi connectivity index (χ0) is 17.4. The summed E-state index contributed by atoms with van der Waals surface area (Å²) < 4.78 is 2.04. The fourth-order valence-electron chi connectivity index (χ4n) is 3.34. The first kappa shape index (κ1) is 15.3. The van der Waals surface area contributed by atoms with Crippen LogP contribution in [0.2, 0.25) is 0 Å². The van der Waals surface area contributed by atoms with E-state index in [1.165, 1.54) is 0 Å². The topological polar surface area (TPSA) is 54.3 Å². The minimum atomic E-state index is -0.0767. The molecule has 0 bridgehead atoms. The number of para-hydroxylation sites is 1. The maximum absolute atomic E-state index is 12.6. The van der Waals surface area contributed by atoms with Gasteiger partial charge < -0.3 is 15.0 Å². The van der Waals surface area contributed by atoms with Crippen LogP contribution in [0, 0.1) is 0 Å². The molecule has 4 nitrogen and oxygen atoms in total. The third-order valence-electron chi connectivity index (χ3n) is 4.50. The van der Waals surface area contributed by atoms with E-state index in [9.17, 15) is 9.90 Å². The van der Waals surface area contributed by atoms with Gasteiger partial charge in [0.2, 0.25) is 5.91 Å². The van der Waals surface area contributed by atoms with Crippen molar-refractivity contribution < 1.29 is 9.90 Å². The second-order valence-corrected chi connectivity index (χ2v) is 6.19. The second-order valence-electron chi connectivity index (χ2n) is 6.19. The Morgan fingerprint density at radius 3 is 2.56 bits per heavy atom.